The first-order chi connectivity index (χ1) is 9.04. The second-order valence-electron chi connectivity index (χ2n) is 3.90. The molecule has 0 saturated carbocycles. The molecule has 0 fully saturated rings. The highest BCUT2D eigenvalue weighted by Gasteiger charge is 2.22. The maximum Gasteiger partial charge on any atom is 0.131 e. The van der Waals surface area contributed by atoms with Gasteiger partial charge in [-0.05, 0) is 29.8 Å². The van der Waals surface area contributed by atoms with E-state index in [0.717, 1.165) is 4.47 Å². The van der Waals surface area contributed by atoms with Crippen LogP contribution in [0.5, 0.6) is 0 Å². The van der Waals surface area contributed by atoms with Gasteiger partial charge in [0.1, 0.15) is 11.6 Å². The van der Waals surface area contributed by atoms with Crippen molar-refractivity contribution in [3.8, 4) is 0 Å². The van der Waals surface area contributed by atoms with Crippen molar-refractivity contribution in [1.82, 2.24) is 5.43 Å². The van der Waals surface area contributed by atoms with Crippen LogP contribution in [0.1, 0.15) is 17.2 Å². The molecule has 6 heteroatoms. The summed E-state index contributed by atoms with van der Waals surface area (Å²) in [6.45, 7) is 0. The highest BCUT2D eigenvalue weighted by molar-refractivity contribution is 9.11. The van der Waals surface area contributed by atoms with Crippen LogP contribution >= 0.6 is 31.9 Å². The van der Waals surface area contributed by atoms with E-state index in [9.17, 15) is 8.78 Å². The fraction of sp³-hybridized carbons (Fsp3) is 0.0769. The highest BCUT2D eigenvalue weighted by atomic mass is 79.9. The number of nitrogens with one attached hydrogen (secondary N) is 1. The van der Waals surface area contributed by atoms with E-state index < -0.39 is 17.7 Å². The standard InChI is InChI=1S/C13H10Br2F2N2/c14-7-4-5-8(9(15)6-7)13(19-18)12-10(16)2-1-3-11(12)17/h1-6,13,19H,18H2. The van der Waals surface area contributed by atoms with Crippen molar-refractivity contribution in [3.63, 3.8) is 0 Å². The third-order valence-corrected chi connectivity index (χ3v) is 3.91. The first-order valence-electron chi connectivity index (χ1n) is 5.39. The summed E-state index contributed by atoms with van der Waals surface area (Å²) in [7, 11) is 0. The minimum atomic E-state index is -0.774. The third kappa shape index (κ3) is 3.02. The van der Waals surface area contributed by atoms with E-state index >= 15 is 0 Å². The number of hydrazine groups is 1. The van der Waals surface area contributed by atoms with Gasteiger partial charge in [0.25, 0.3) is 0 Å². The maximum absolute atomic E-state index is 13.8. The molecule has 0 aliphatic carbocycles. The van der Waals surface area contributed by atoms with Crippen LogP contribution < -0.4 is 11.3 Å². The van der Waals surface area contributed by atoms with Crippen molar-refractivity contribution in [2.75, 3.05) is 0 Å². The molecule has 0 heterocycles. The lowest BCUT2D eigenvalue weighted by Crippen LogP contribution is -2.30. The van der Waals surface area contributed by atoms with Gasteiger partial charge in [0.2, 0.25) is 0 Å². The minimum absolute atomic E-state index is 0.104. The number of hydrogen-bond acceptors (Lipinski definition) is 2. The molecule has 2 nitrogen and oxygen atoms in total. The molecule has 2 rings (SSSR count). The van der Waals surface area contributed by atoms with Crippen LogP contribution in [0.3, 0.4) is 0 Å². The quantitative estimate of drug-likeness (QED) is 0.612. The van der Waals surface area contributed by atoms with E-state index in [0.29, 0.717) is 10.0 Å². The first-order valence-corrected chi connectivity index (χ1v) is 6.98. The number of halogens is 4. The van der Waals surface area contributed by atoms with E-state index in [-0.39, 0.29) is 5.56 Å². The van der Waals surface area contributed by atoms with E-state index in [4.69, 9.17) is 5.84 Å². The number of rotatable bonds is 3. The molecule has 2 aromatic rings. The molecule has 0 aliphatic rings. The molecule has 0 amide bonds. The van der Waals surface area contributed by atoms with Gasteiger partial charge in [0.15, 0.2) is 0 Å². The first kappa shape index (κ1) is 14.6. The summed E-state index contributed by atoms with van der Waals surface area (Å²) in [5, 5.41) is 0. The topological polar surface area (TPSA) is 38.0 Å². The normalized spacial score (nSPS) is 12.5. The molecule has 1 atom stereocenters. The van der Waals surface area contributed by atoms with E-state index in [2.05, 4.69) is 37.3 Å². The Morgan fingerprint density at radius 2 is 1.68 bits per heavy atom. The molecule has 0 bridgehead atoms. The zero-order chi connectivity index (χ0) is 14.0. The summed E-state index contributed by atoms with van der Waals surface area (Å²) in [6, 6.07) is 8.26. The van der Waals surface area contributed by atoms with Gasteiger partial charge in [-0.1, -0.05) is 44.0 Å². The summed E-state index contributed by atoms with van der Waals surface area (Å²) < 4.78 is 29.2. The molecule has 0 aromatic heterocycles. The monoisotopic (exact) mass is 390 g/mol. The Morgan fingerprint density at radius 1 is 1.05 bits per heavy atom. The summed E-state index contributed by atoms with van der Waals surface area (Å²) in [5.74, 6) is 4.18. The predicted octanol–water partition coefficient (Wildman–Crippen LogP) is 4.04. The average molecular weight is 392 g/mol. The summed E-state index contributed by atoms with van der Waals surface area (Å²) in [6.07, 6.45) is 0. The van der Waals surface area contributed by atoms with Crippen molar-refractivity contribution in [2.45, 2.75) is 6.04 Å². The summed E-state index contributed by atoms with van der Waals surface area (Å²) >= 11 is 6.69. The molecule has 19 heavy (non-hydrogen) atoms. The molecule has 3 N–H and O–H groups in total. The second kappa shape index (κ2) is 6.09. The van der Waals surface area contributed by atoms with Crippen LogP contribution in [-0.4, -0.2) is 0 Å². The van der Waals surface area contributed by atoms with Crippen LogP contribution in [0.15, 0.2) is 45.3 Å². The van der Waals surface area contributed by atoms with Gasteiger partial charge >= 0.3 is 0 Å². The summed E-state index contributed by atoms with van der Waals surface area (Å²) in [4.78, 5) is 0. The maximum atomic E-state index is 13.8. The molecular weight excluding hydrogens is 382 g/mol. The van der Waals surface area contributed by atoms with Crippen molar-refractivity contribution >= 4 is 31.9 Å². The van der Waals surface area contributed by atoms with Gasteiger partial charge in [-0.3, -0.25) is 5.84 Å². The largest absolute Gasteiger partial charge is 0.271 e. The van der Waals surface area contributed by atoms with Crippen molar-refractivity contribution < 1.29 is 8.78 Å². The highest BCUT2D eigenvalue weighted by Crippen LogP contribution is 2.32. The second-order valence-corrected chi connectivity index (χ2v) is 5.67. The van der Waals surface area contributed by atoms with Crippen molar-refractivity contribution in [1.29, 1.82) is 0 Å². The lowest BCUT2D eigenvalue weighted by molar-refractivity contribution is 0.510. The zero-order valence-electron chi connectivity index (χ0n) is 9.63. The molecule has 0 aliphatic heterocycles. The van der Waals surface area contributed by atoms with E-state index in [1.165, 1.54) is 18.2 Å². The molecule has 1 unspecified atom stereocenters. The number of nitrogens with two attached hydrogens (primary N) is 1. The van der Waals surface area contributed by atoms with Gasteiger partial charge in [-0.2, -0.15) is 0 Å². The van der Waals surface area contributed by atoms with Crippen molar-refractivity contribution in [3.05, 3.63) is 68.1 Å². The number of hydrogen-bond donors (Lipinski definition) is 2. The van der Waals surface area contributed by atoms with Crippen LogP contribution in [0.4, 0.5) is 8.78 Å². The predicted molar refractivity (Wildman–Crippen MR) is 77.4 cm³/mol. The molecule has 0 spiro atoms. The van der Waals surface area contributed by atoms with Crippen molar-refractivity contribution in [2.24, 2.45) is 5.84 Å². The number of benzene rings is 2. The average Bonchev–Trinajstić information content (AvgIpc) is 2.35. The Labute approximate surface area is 126 Å². The van der Waals surface area contributed by atoms with Crippen LogP contribution in [0, 0.1) is 11.6 Å². The Hall–Kier alpha value is -0.820. The molecule has 2 aromatic carbocycles. The smallest absolute Gasteiger partial charge is 0.131 e. The van der Waals surface area contributed by atoms with Crippen LogP contribution in [0.25, 0.3) is 0 Å². The van der Waals surface area contributed by atoms with Gasteiger partial charge in [0.05, 0.1) is 6.04 Å². The van der Waals surface area contributed by atoms with Gasteiger partial charge < -0.3 is 0 Å². The Balaban J connectivity index is 2.56. The lowest BCUT2D eigenvalue weighted by Gasteiger charge is -2.19. The molecule has 100 valence electrons. The molecule has 0 saturated heterocycles. The van der Waals surface area contributed by atoms with Gasteiger partial charge in [-0.25, -0.2) is 14.2 Å². The lowest BCUT2D eigenvalue weighted by atomic mass is 9.98. The van der Waals surface area contributed by atoms with Gasteiger partial charge in [-0.15, -0.1) is 0 Å². The fourth-order valence-electron chi connectivity index (χ4n) is 1.85. The Bertz CT molecular complexity index is 585. The Kier molecular flexibility index (Phi) is 4.67. The third-order valence-electron chi connectivity index (χ3n) is 2.73. The van der Waals surface area contributed by atoms with Gasteiger partial charge in [0, 0.05) is 14.5 Å². The molecule has 0 radical (unpaired) electrons. The fourth-order valence-corrected chi connectivity index (χ4v) is 3.13. The minimum Gasteiger partial charge on any atom is -0.271 e. The summed E-state index contributed by atoms with van der Waals surface area (Å²) in [5.41, 5.74) is 3.00. The van der Waals surface area contributed by atoms with E-state index in [1.807, 2.05) is 0 Å². The van der Waals surface area contributed by atoms with Crippen LogP contribution in [0.2, 0.25) is 0 Å². The zero-order valence-corrected chi connectivity index (χ0v) is 12.8. The SMILES string of the molecule is NNC(c1ccc(Br)cc1Br)c1c(F)cccc1F. The van der Waals surface area contributed by atoms with Crippen LogP contribution in [-0.2, 0) is 0 Å². The van der Waals surface area contributed by atoms with E-state index in [1.54, 1.807) is 18.2 Å². The Morgan fingerprint density at radius 3 is 2.21 bits per heavy atom. The molecular formula is C13H10Br2F2N2.